The summed E-state index contributed by atoms with van der Waals surface area (Å²) in [5.41, 5.74) is -0.750. The number of hydrogen-bond acceptors (Lipinski definition) is 8. The molecule has 0 radical (unpaired) electrons. The maximum atomic E-state index is 12.7. The van der Waals surface area contributed by atoms with Gasteiger partial charge in [-0.3, -0.25) is 19.2 Å². The first-order valence-corrected chi connectivity index (χ1v) is 22.0. The van der Waals surface area contributed by atoms with E-state index in [0.29, 0.717) is 12.8 Å². The lowest BCUT2D eigenvalue weighted by Gasteiger charge is -2.19. The minimum atomic E-state index is -0.916. The van der Waals surface area contributed by atoms with Crippen molar-refractivity contribution in [1.82, 2.24) is 0 Å². The summed E-state index contributed by atoms with van der Waals surface area (Å²) in [7, 11) is 0. The van der Waals surface area contributed by atoms with Crippen LogP contribution in [0.5, 0.6) is 0 Å². The van der Waals surface area contributed by atoms with Gasteiger partial charge in [-0.15, -0.1) is 0 Å². The second kappa shape index (κ2) is 37.5. The highest BCUT2D eigenvalue weighted by atomic mass is 35.5. The summed E-state index contributed by atoms with van der Waals surface area (Å²) in [6, 6.07) is 0. The first-order chi connectivity index (χ1) is 25.2. The van der Waals surface area contributed by atoms with Crippen LogP contribution in [0.15, 0.2) is 0 Å². The third-order valence-corrected chi connectivity index (χ3v) is 9.54. The van der Waals surface area contributed by atoms with E-state index in [1.165, 1.54) is 128 Å². The number of rotatable bonds is 38. The SMILES string of the molecule is CCCCCCCCCCCCCCCC(=O)OCC(COC(=O)CCCCCCCCCCCCCCC)OC(=O)CC(C)CC(=O)OC(C)Cl. The highest BCUT2D eigenvalue weighted by Crippen LogP contribution is 2.16. The van der Waals surface area contributed by atoms with E-state index in [2.05, 4.69) is 13.8 Å². The van der Waals surface area contributed by atoms with Crippen molar-refractivity contribution in [2.45, 2.75) is 232 Å². The van der Waals surface area contributed by atoms with Gasteiger partial charge in [0.05, 0.1) is 0 Å². The van der Waals surface area contributed by atoms with Gasteiger partial charge < -0.3 is 18.9 Å². The predicted molar refractivity (Wildman–Crippen MR) is 212 cm³/mol. The lowest BCUT2D eigenvalue weighted by molar-refractivity contribution is -0.167. The Morgan fingerprint density at radius 3 is 1.02 bits per heavy atom. The van der Waals surface area contributed by atoms with Gasteiger partial charge >= 0.3 is 23.9 Å². The molecular weight excluding hydrogens is 680 g/mol. The van der Waals surface area contributed by atoms with Crippen molar-refractivity contribution in [3.05, 3.63) is 0 Å². The van der Waals surface area contributed by atoms with E-state index >= 15 is 0 Å². The lowest BCUT2D eigenvalue weighted by Crippen LogP contribution is -2.31. The van der Waals surface area contributed by atoms with Gasteiger partial charge in [0.2, 0.25) is 0 Å². The van der Waals surface area contributed by atoms with Gasteiger partial charge in [-0.05, 0) is 25.7 Å². The summed E-state index contributed by atoms with van der Waals surface area (Å²) in [4.78, 5) is 49.6. The molecule has 0 spiro atoms. The number of carbonyl (C=O) groups excluding carboxylic acids is 4. The molecule has 0 saturated carbocycles. The Bertz CT molecular complexity index is 818. The third-order valence-electron chi connectivity index (χ3n) is 9.45. The average Bonchev–Trinajstić information content (AvgIpc) is 3.09. The van der Waals surface area contributed by atoms with Gasteiger partial charge in [-0.1, -0.05) is 186 Å². The largest absolute Gasteiger partial charge is 0.462 e. The van der Waals surface area contributed by atoms with E-state index in [1.807, 2.05) is 0 Å². The summed E-state index contributed by atoms with van der Waals surface area (Å²) in [6.45, 7) is 7.41. The van der Waals surface area contributed by atoms with Gasteiger partial charge in [0, 0.05) is 25.7 Å². The standard InChI is InChI=1S/C43H79ClO8/c1-5-7-9-11-13-15-17-19-21-23-25-27-29-31-40(45)49-35-39(52-43(48)34-37(3)33-42(47)51-38(4)44)36-50-41(46)32-30-28-26-24-22-20-18-16-14-12-10-8-6-2/h37-39H,5-36H2,1-4H3. The molecule has 0 aromatic carbocycles. The van der Waals surface area contributed by atoms with Gasteiger partial charge in [-0.25, -0.2) is 0 Å². The van der Waals surface area contributed by atoms with Crippen LogP contribution in [-0.4, -0.2) is 48.8 Å². The zero-order valence-electron chi connectivity index (χ0n) is 34.0. The predicted octanol–water partition coefficient (Wildman–Crippen LogP) is 12.5. The minimum Gasteiger partial charge on any atom is -0.462 e. The topological polar surface area (TPSA) is 105 Å². The first-order valence-electron chi connectivity index (χ1n) is 21.5. The zero-order chi connectivity index (χ0) is 38.5. The molecule has 2 unspecified atom stereocenters. The quantitative estimate of drug-likeness (QED) is 0.0265. The fourth-order valence-corrected chi connectivity index (χ4v) is 6.41. The van der Waals surface area contributed by atoms with Crippen molar-refractivity contribution < 1.29 is 38.1 Å². The normalized spacial score (nSPS) is 12.4. The van der Waals surface area contributed by atoms with Crippen molar-refractivity contribution >= 4 is 35.5 Å². The highest BCUT2D eigenvalue weighted by molar-refractivity contribution is 6.19. The second-order valence-electron chi connectivity index (χ2n) is 15.0. The number of esters is 4. The fraction of sp³-hybridized carbons (Fsp3) is 0.907. The number of ether oxygens (including phenoxy) is 4. The molecule has 0 aromatic rings. The van der Waals surface area contributed by atoms with E-state index in [0.717, 1.165) is 38.5 Å². The van der Waals surface area contributed by atoms with Gasteiger partial charge in [-0.2, -0.15) is 0 Å². The number of halogens is 1. The molecule has 0 aromatic heterocycles. The molecule has 52 heavy (non-hydrogen) atoms. The summed E-state index contributed by atoms with van der Waals surface area (Å²) >= 11 is 5.71. The fourth-order valence-electron chi connectivity index (χ4n) is 6.31. The number of carbonyl (C=O) groups is 4. The number of unbranched alkanes of at least 4 members (excludes halogenated alkanes) is 24. The van der Waals surface area contributed by atoms with E-state index in [1.54, 1.807) is 13.8 Å². The Kier molecular flexibility index (Phi) is 36.2. The molecular formula is C43H79ClO8. The monoisotopic (exact) mass is 759 g/mol. The smallest absolute Gasteiger partial charge is 0.307 e. The molecule has 0 amide bonds. The van der Waals surface area contributed by atoms with Crippen LogP contribution in [0.2, 0.25) is 0 Å². The van der Waals surface area contributed by atoms with Crippen LogP contribution in [0.3, 0.4) is 0 Å². The van der Waals surface area contributed by atoms with Gasteiger partial charge in [0.1, 0.15) is 13.2 Å². The van der Waals surface area contributed by atoms with Crippen LogP contribution in [-0.2, 0) is 38.1 Å². The van der Waals surface area contributed by atoms with Gasteiger partial charge in [0.25, 0.3) is 0 Å². The van der Waals surface area contributed by atoms with Crippen LogP contribution >= 0.6 is 11.6 Å². The summed E-state index contributed by atoms with van der Waals surface area (Å²) < 4.78 is 21.4. The van der Waals surface area contributed by atoms with Crippen molar-refractivity contribution in [3.63, 3.8) is 0 Å². The first kappa shape index (κ1) is 50.2. The van der Waals surface area contributed by atoms with Crippen LogP contribution in [0, 0.1) is 5.92 Å². The average molecular weight is 760 g/mol. The Labute approximate surface area is 323 Å². The molecule has 0 aliphatic heterocycles. The van der Waals surface area contributed by atoms with E-state index in [-0.39, 0.29) is 43.9 Å². The number of alkyl halides is 1. The molecule has 0 N–H and O–H groups in total. The van der Waals surface area contributed by atoms with Crippen molar-refractivity contribution in [2.75, 3.05) is 13.2 Å². The zero-order valence-corrected chi connectivity index (χ0v) is 34.8. The number of hydrogen-bond donors (Lipinski definition) is 0. The molecule has 9 heteroatoms. The molecule has 2 atom stereocenters. The Morgan fingerprint density at radius 2 is 0.712 bits per heavy atom. The summed E-state index contributed by atoms with van der Waals surface area (Å²) in [6.07, 6.45) is 31.6. The van der Waals surface area contributed by atoms with E-state index in [9.17, 15) is 19.2 Å². The molecule has 0 bridgehead atoms. The van der Waals surface area contributed by atoms with Crippen LogP contribution in [0.4, 0.5) is 0 Å². The molecule has 0 saturated heterocycles. The Hall–Kier alpha value is -1.83. The summed E-state index contributed by atoms with van der Waals surface area (Å²) in [5.74, 6) is -2.11. The molecule has 0 heterocycles. The van der Waals surface area contributed by atoms with Crippen molar-refractivity contribution in [3.8, 4) is 0 Å². The Balaban J connectivity index is 4.40. The molecule has 0 aliphatic rings. The van der Waals surface area contributed by atoms with Crippen LogP contribution in [0.25, 0.3) is 0 Å². The Morgan fingerprint density at radius 1 is 0.423 bits per heavy atom. The highest BCUT2D eigenvalue weighted by Gasteiger charge is 2.22. The lowest BCUT2D eigenvalue weighted by atomic mass is 10.0. The van der Waals surface area contributed by atoms with E-state index in [4.69, 9.17) is 30.5 Å². The maximum Gasteiger partial charge on any atom is 0.307 e. The van der Waals surface area contributed by atoms with Gasteiger partial charge in [0.15, 0.2) is 11.7 Å². The molecule has 0 fully saturated rings. The summed E-state index contributed by atoms with van der Waals surface area (Å²) in [5, 5.41) is 0. The molecule has 306 valence electrons. The third kappa shape index (κ3) is 36.5. The van der Waals surface area contributed by atoms with E-state index < -0.39 is 23.6 Å². The maximum absolute atomic E-state index is 12.7. The van der Waals surface area contributed by atoms with Crippen molar-refractivity contribution in [2.24, 2.45) is 5.92 Å². The van der Waals surface area contributed by atoms with Crippen LogP contribution in [0.1, 0.15) is 220 Å². The molecule has 0 aliphatic carbocycles. The molecule has 0 rings (SSSR count). The minimum absolute atomic E-state index is 0.0129. The van der Waals surface area contributed by atoms with Crippen LogP contribution < -0.4 is 0 Å². The second-order valence-corrected chi connectivity index (χ2v) is 15.6. The molecule has 8 nitrogen and oxygen atoms in total. The van der Waals surface area contributed by atoms with Crippen molar-refractivity contribution in [1.29, 1.82) is 0 Å².